The lowest BCUT2D eigenvalue weighted by Crippen LogP contribution is -2.47. The number of carbonyl (C=O) groups is 2. The van der Waals surface area contributed by atoms with Crippen molar-refractivity contribution >= 4 is 23.6 Å². The van der Waals surface area contributed by atoms with E-state index in [-0.39, 0.29) is 11.8 Å². The van der Waals surface area contributed by atoms with Gasteiger partial charge in [0, 0.05) is 37.8 Å². The molecule has 0 N–H and O–H groups in total. The molecule has 0 aromatic heterocycles. The van der Waals surface area contributed by atoms with E-state index in [0.29, 0.717) is 17.6 Å². The maximum atomic E-state index is 12.6. The SMILES string of the molecule is C=C(C)CSCC(=O)N1CCC(C(=O)N2CCCC(C)C2)CC1. The van der Waals surface area contributed by atoms with Crippen molar-refractivity contribution in [2.75, 3.05) is 37.7 Å². The van der Waals surface area contributed by atoms with Crippen LogP contribution in [-0.2, 0) is 9.59 Å². The zero-order valence-electron chi connectivity index (χ0n) is 14.6. The van der Waals surface area contributed by atoms with Crippen LogP contribution in [0.25, 0.3) is 0 Å². The molecular formula is C18H30N2O2S. The Labute approximate surface area is 144 Å². The fourth-order valence-corrected chi connectivity index (χ4v) is 4.24. The molecule has 0 radical (unpaired) electrons. The van der Waals surface area contributed by atoms with Gasteiger partial charge in [0.2, 0.25) is 11.8 Å². The number of nitrogens with zero attached hydrogens (tertiary/aromatic N) is 2. The van der Waals surface area contributed by atoms with Crippen molar-refractivity contribution < 1.29 is 9.59 Å². The molecule has 0 aromatic rings. The lowest BCUT2D eigenvalue weighted by Gasteiger charge is -2.37. The predicted octanol–water partition coefficient (Wildman–Crippen LogP) is 2.79. The van der Waals surface area contributed by atoms with Gasteiger partial charge in [-0.25, -0.2) is 0 Å². The first-order chi connectivity index (χ1) is 11.0. The van der Waals surface area contributed by atoms with Crippen molar-refractivity contribution in [1.29, 1.82) is 0 Å². The number of hydrogen-bond acceptors (Lipinski definition) is 3. The maximum Gasteiger partial charge on any atom is 0.232 e. The molecule has 23 heavy (non-hydrogen) atoms. The second kappa shape index (κ2) is 8.76. The molecule has 2 saturated heterocycles. The second-order valence-corrected chi connectivity index (χ2v) is 8.12. The Morgan fingerprint density at radius 3 is 2.39 bits per heavy atom. The van der Waals surface area contributed by atoms with Crippen molar-refractivity contribution in [2.24, 2.45) is 11.8 Å². The first-order valence-electron chi connectivity index (χ1n) is 8.76. The summed E-state index contributed by atoms with van der Waals surface area (Å²) >= 11 is 1.63. The van der Waals surface area contributed by atoms with Crippen molar-refractivity contribution in [1.82, 2.24) is 9.80 Å². The van der Waals surface area contributed by atoms with Gasteiger partial charge >= 0.3 is 0 Å². The second-order valence-electron chi connectivity index (χ2n) is 7.14. The number of likely N-dealkylation sites (tertiary alicyclic amines) is 2. The van der Waals surface area contributed by atoms with E-state index in [2.05, 4.69) is 18.4 Å². The summed E-state index contributed by atoms with van der Waals surface area (Å²) < 4.78 is 0. The van der Waals surface area contributed by atoms with Crippen LogP contribution >= 0.6 is 11.8 Å². The summed E-state index contributed by atoms with van der Waals surface area (Å²) in [7, 11) is 0. The zero-order valence-corrected chi connectivity index (χ0v) is 15.4. The fraction of sp³-hybridized carbons (Fsp3) is 0.778. The average Bonchev–Trinajstić information content (AvgIpc) is 2.54. The quantitative estimate of drug-likeness (QED) is 0.724. The molecule has 5 heteroatoms. The van der Waals surface area contributed by atoms with E-state index in [0.717, 1.165) is 56.8 Å². The number of piperidine rings is 2. The largest absolute Gasteiger partial charge is 0.342 e. The van der Waals surface area contributed by atoms with E-state index in [9.17, 15) is 9.59 Å². The predicted molar refractivity (Wildman–Crippen MR) is 96.4 cm³/mol. The summed E-state index contributed by atoms with van der Waals surface area (Å²) in [5.74, 6) is 2.63. The van der Waals surface area contributed by atoms with Gasteiger partial charge in [0.05, 0.1) is 5.75 Å². The molecule has 2 rings (SSSR count). The number of thioether (sulfide) groups is 1. The van der Waals surface area contributed by atoms with Gasteiger partial charge in [0.1, 0.15) is 0 Å². The number of rotatable bonds is 5. The summed E-state index contributed by atoms with van der Waals surface area (Å²) in [6.45, 7) is 11.3. The summed E-state index contributed by atoms with van der Waals surface area (Å²) in [4.78, 5) is 28.8. The standard InChI is InChI=1S/C18H30N2O2S/c1-14(2)12-23-13-17(21)19-9-6-16(7-10-19)18(22)20-8-4-5-15(3)11-20/h15-16H,1,4-13H2,2-3H3. The van der Waals surface area contributed by atoms with Crippen molar-refractivity contribution in [3.63, 3.8) is 0 Å². The molecule has 4 nitrogen and oxygen atoms in total. The first-order valence-corrected chi connectivity index (χ1v) is 9.91. The van der Waals surface area contributed by atoms with Crippen LogP contribution in [0, 0.1) is 11.8 Å². The van der Waals surface area contributed by atoms with Crippen LogP contribution in [0.4, 0.5) is 0 Å². The molecular weight excluding hydrogens is 308 g/mol. The molecule has 2 fully saturated rings. The van der Waals surface area contributed by atoms with Crippen LogP contribution in [0.3, 0.4) is 0 Å². The monoisotopic (exact) mass is 338 g/mol. The van der Waals surface area contributed by atoms with E-state index >= 15 is 0 Å². The summed E-state index contributed by atoms with van der Waals surface area (Å²) in [5, 5.41) is 0. The maximum absolute atomic E-state index is 12.6. The molecule has 2 aliphatic heterocycles. The third kappa shape index (κ3) is 5.55. The Morgan fingerprint density at radius 2 is 1.78 bits per heavy atom. The molecule has 1 atom stereocenters. The molecule has 0 saturated carbocycles. The van der Waals surface area contributed by atoms with Gasteiger partial charge in [-0.1, -0.05) is 19.1 Å². The lowest BCUT2D eigenvalue weighted by atomic mass is 9.93. The summed E-state index contributed by atoms with van der Waals surface area (Å²) in [5.41, 5.74) is 1.10. The van der Waals surface area contributed by atoms with Gasteiger partial charge in [0.15, 0.2) is 0 Å². The molecule has 2 heterocycles. The van der Waals surface area contributed by atoms with Crippen LogP contribution in [0.2, 0.25) is 0 Å². The molecule has 0 bridgehead atoms. The molecule has 0 aromatic carbocycles. The van der Waals surface area contributed by atoms with Crippen LogP contribution in [0.5, 0.6) is 0 Å². The van der Waals surface area contributed by atoms with E-state index in [1.165, 1.54) is 6.42 Å². The highest BCUT2D eigenvalue weighted by molar-refractivity contribution is 8.00. The van der Waals surface area contributed by atoms with Crippen molar-refractivity contribution in [3.8, 4) is 0 Å². The van der Waals surface area contributed by atoms with E-state index in [1.807, 2.05) is 11.8 Å². The first kappa shape index (κ1) is 18.4. The van der Waals surface area contributed by atoms with Gasteiger partial charge in [-0.15, -0.1) is 11.8 Å². The summed E-state index contributed by atoms with van der Waals surface area (Å²) in [6, 6.07) is 0. The molecule has 2 aliphatic rings. The Balaban J connectivity index is 1.73. The van der Waals surface area contributed by atoms with Gasteiger partial charge in [-0.2, -0.15) is 0 Å². The molecule has 0 spiro atoms. The molecule has 1 unspecified atom stereocenters. The van der Waals surface area contributed by atoms with E-state index in [1.54, 1.807) is 11.8 Å². The van der Waals surface area contributed by atoms with Gasteiger partial charge in [-0.05, 0) is 38.5 Å². The molecule has 130 valence electrons. The number of carbonyl (C=O) groups excluding carboxylic acids is 2. The van der Waals surface area contributed by atoms with Gasteiger partial charge in [-0.3, -0.25) is 9.59 Å². The Kier molecular flexibility index (Phi) is 7.00. The Morgan fingerprint density at radius 1 is 1.09 bits per heavy atom. The third-order valence-electron chi connectivity index (χ3n) is 4.74. The minimum absolute atomic E-state index is 0.118. The zero-order chi connectivity index (χ0) is 16.8. The minimum Gasteiger partial charge on any atom is -0.342 e. The average molecular weight is 339 g/mol. The Hall–Kier alpha value is -0.970. The van der Waals surface area contributed by atoms with E-state index < -0.39 is 0 Å². The number of amides is 2. The molecule has 0 aliphatic carbocycles. The molecule has 2 amide bonds. The van der Waals surface area contributed by atoms with Crippen LogP contribution in [0.1, 0.15) is 39.5 Å². The van der Waals surface area contributed by atoms with Crippen LogP contribution in [0.15, 0.2) is 12.2 Å². The topological polar surface area (TPSA) is 40.6 Å². The highest BCUT2D eigenvalue weighted by Crippen LogP contribution is 2.24. The van der Waals surface area contributed by atoms with Crippen molar-refractivity contribution in [2.45, 2.75) is 39.5 Å². The van der Waals surface area contributed by atoms with Crippen LogP contribution in [-0.4, -0.2) is 59.3 Å². The summed E-state index contributed by atoms with van der Waals surface area (Å²) in [6.07, 6.45) is 4.00. The van der Waals surface area contributed by atoms with Crippen molar-refractivity contribution in [3.05, 3.63) is 12.2 Å². The fourth-order valence-electron chi connectivity index (χ4n) is 3.43. The minimum atomic E-state index is 0.118. The smallest absolute Gasteiger partial charge is 0.232 e. The van der Waals surface area contributed by atoms with Crippen LogP contribution < -0.4 is 0 Å². The third-order valence-corrected chi connectivity index (χ3v) is 5.89. The van der Waals surface area contributed by atoms with Gasteiger partial charge in [0.25, 0.3) is 0 Å². The van der Waals surface area contributed by atoms with Gasteiger partial charge < -0.3 is 9.80 Å². The normalized spacial score (nSPS) is 23.0. The number of hydrogen-bond donors (Lipinski definition) is 0. The van der Waals surface area contributed by atoms with E-state index in [4.69, 9.17) is 0 Å². The highest BCUT2D eigenvalue weighted by atomic mass is 32.2. The highest BCUT2D eigenvalue weighted by Gasteiger charge is 2.31. The Bertz CT molecular complexity index is 444. The lowest BCUT2D eigenvalue weighted by molar-refractivity contribution is -0.141.